The van der Waals surface area contributed by atoms with E-state index in [0.29, 0.717) is 28.4 Å². The average Bonchev–Trinajstić information content (AvgIpc) is 3.26. The number of aliphatic carboxylic acids is 1. The maximum Gasteiger partial charge on any atom is 0.342 e. The monoisotopic (exact) mass is 438 g/mol. The second-order valence-corrected chi connectivity index (χ2v) is 6.95. The van der Waals surface area contributed by atoms with Crippen molar-refractivity contribution in [2.75, 3.05) is 20.8 Å². The lowest BCUT2D eigenvalue weighted by atomic mass is 10.2. The second kappa shape index (κ2) is 10.2. The van der Waals surface area contributed by atoms with Crippen LogP contribution in [0, 0.1) is 12.3 Å². The molecule has 0 spiro atoms. The maximum atomic E-state index is 11.7. The molecule has 158 valence electrons. The fraction of sp³-hybridized carbons (Fsp3) is 0.136. The van der Waals surface area contributed by atoms with Crippen LogP contribution in [-0.4, -0.2) is 42.1 Å². The summed E-state index contributed by atoms with van der Waals surface area (Å²) in [6.07, 6.45) is 6.66. The predicted molar refractivity (Wildman–Crippen MR) is 115 cm³/mol. The summed E-state index contributed by atoms with van der Waals surface area (Å²) in [7, 11) is 3.07. The fourth-order valence-corrected chi connectivity index (χ4v) is 3.14. The van der Waals surface area contributed by atoms with Crippen LogP contribution in [-0.2, 0) is 4.79 Å². The number of carboxylic acid groups (broad SMARTS) is 1. The Balaban J connectivity index is 1.80. The zero-order valence-corrected chi connectivity index (χ0v) is 17.5. The van der Waals surface area contributed by atoms with Crippen molar-refractivity contribution in [1.29, 1.82) is 0 Å². The molecule has 0 radical (unpaired) electrons. The van der Waals surface area contributed by atoms with Gasteiger partial charge >= 0.3 is 5.97 Å². The number of rotatable bonds is 9. The van der Waals surface area contributed by atoms with Gasteiger partial charge in [-0.05, 0) is 47.7 Å². The average molecular weight is 438 g/mol. The predicted octanol–water partition coefficient (Wildman–Crippen LogP) is 3.98. The zero-order valence-electron chi connectivity index (χ0n) is 16.7. The molecule has 1 heterocycles. The largest absolute Gasteiger partial charge is 0.497 e. The first-order valence-electron chi connectivity index (χ1n) is 8.88. The quantitative estimate of drug-likeness (QED) is 0.302. The van der Waals surface area contributed by atoms with Gasteiger partial charge in [-0.3, -0.25) is 0 Å². The van der Waals surface area contributed by atoms with Crippen LogP contribution in [0.25, 0.3) is 17.5 Å². The van der Waals surface area contributed by atoms with E-state index >= 15 is 0 Å². The summed E-state index contributed by atoms with van der Waals surface area (Å²) < 4.78 is 21.4. The van der Waals surface area contributed by atoms with Crippen molar-refractivity contribution in [1.82, 2.24) is 10.2 Å². The van der Waals surface area contributed by atoms with Crippen LogP contribution in [0.2, 0.25) is 0 Å². The van der Waals surface area contributed by atoms with Gasteiger partial charge in [-0.2, -0.15) is 0 Å². The highest BCUT2D eigenvalue weighted by molar-refractivity contribution is 8.03. The lowest BCUT2D eigenvalue weighted by Gasteiger charge is -2.05. The van der Waals surface area contributed by atoms with Gasteiger partial charge in [0, 0.05) is 11.6 Å². The molecule has 0 amide bonds. The molecule has 8 nitrogen and oxygen atoms in total. The number of hydrogen-bond donors (Lipinski definition) is 1. The molecule has 0 atom stereocenters. The van der Waals surface area contributed by atoms with E-state index in [1.807, 2.05) is 0 Å². The molecule has 0 fully saturated rings. The van der Waals surface area contributed by atoms with Gasteiger partial charge in [0.05, 0.1) is 14.2 Å². The Morgan fingerprint density at radius 2 is 1.81 bits per heavy atom. The van der Waals surface area contributed by atoms with Crippen molar-refractivity contribution in [2.45, 2.75) is 5.22 Å². The van der Waals surface area contributed by atoms with E-state index in [1.165, 1.54) is 20.3 Å². The van der Waals surface area contributed by atoms with E-state index in [4.69, 9.17) is 25.1 Å². The summed E-state index contributed by atoms with van der Waals surface area (Å²) in [4.78, 5) is 11.7. The van der Waals surface area contributed by atoms with E-state index < -0.39 is 5.97 Å². The summed E-state index contributed by atoms with van der Waals surface area (Å²) in [6, 6.07) is 12.0. The SMILES string of the molecule is C#CCOc1ccc(/C=C(\Sc2nnc(-c3cc(OC)cc(OC)c3)o2)C(=O)O)cc1. The Hall–Kier alpha value is -3.90. The van der Waals surface area contributed by atoms with Crippen LogP contribution in [0.15, 0.2) is 57.0 Å². The van der Waals surface area contributed by atoms with Gasteiger partial charge in [-0.15, -0.1) is 16.6 Å². The minimum atomic E-state index is -1.12. The van der Waals surface area contributed by atoms with E-state index in [0.717, 1.165) is 11.8 Å². The van der Waals surface area contributed by atoms with Crippen molar-refractivity contribution in [2.24, 2.45) is 0 Å². The van der Waals surface area contributed by atoms with Crippen LogP contribution < -0.4 is 14.2 Å². The number of terminal acetylenes is 1. The molecule has 1 N–H and O–H groups in total. The highest BCUT2D eigenvalue weighted by Crippen LogP contribution is 2.33. The number of aromatic nitrogens is 2. The van der Waals surface area contributed by atoms with Crippen LogP contribution >= 0.6 is 11.8 Å². The Labute approximate surface area is 182 Å². The maximum absolute atomic E-state index is 11.7. The third-order valence-corrected chi connectivity index (χ3v) is 4.76. The molecule has 2 aromatic carbocycles. The summed E-state index contributed by atoms with van der Waals surface area (Å²) in [6.45, 7) is 0.157. The lowest BCUT2D eigenvalue weighted by Crippen LogP contribution is -1.97. The fourth-order valence-electron chi connectivity index (χ4n) is 2.46. The first-order chi connectivity index (χ1) is 15.0. The minimum absolute atomic E-state index is 0.00992. The van der Waals surface area contributed by atoms with Crippen LogP contribution in [0.1, 0.15) is 5.56 Å². The van der Waals surface area contributed by atoms with Gasteiger partial charge in [0.15, 0.2) is 0 Å². The number of methoxy groups -OCH3 is 2. The second-order valence-electron chi connectivity index (χ2n) is 5.95. The number of carboxylic acids is 1. The third-order valence-electron chi connectivity index (χ3n) is 3.91. The molecule has 9 heteroatoms. The summed E-state index contributed by atoms with van der Waals surface area (Å²) in [5.41, 5.74) is 1.24. The first kappa shape index (κ1) is 21.8. The molecule has 0 bridgehead atoms. The van der Waals surface area contributed by atoms with E-state index in [2.05, 4.69) is 16.1 Å². The highest BCUT2D eigenvalue weighted by Gasteiger charge is 2.17. The number of nitrogens with zero attached hydrogens (tertiary/aromatic N) is 2. The van der Waals surface area contributed by atoms with Crippen molar-refractivity contribution >= 4 is 23.8 Å². The van der Waals surface area contributed by atoms with E-state index in [9.17, 15) is 9.90 Å². The van der Waals surface area contributed by atoms with Crippen molar-refractivity contribution in [3.63, 3.8) is 0 Å². The van der Waals surface area contributed by atoms with Gasteiger partial charge in [0.2, 0.25) is 5.89 Å². The smallest absolute Gasteiger partial charge is 0.342 e. The summed E-state index contributed by atoms with van der Waals surface area (Å²) in [5, 5.41) is 17.6. The molecule has 0 saturated heterocycles. The summed E-state index contributed by atoms with van der Waals surface area (Å²) >= 11 is 0.846. The standard InChI is InChI=1S/C22H18N2O6S/c1-4-9-29-16-7-5-14(6-8-16)10-19(21(25)26)31-22-24-23-20(30-22)15-11-17(27-2)13-18(12-15)28-3/h1,5-8,10-13H,9H2,2-3H3,(H,25,26)/b19-10-. The van der Waals surface area contributed by atoms with Crippen LogP contribution in [0.3, 0.4) is 0 Å². The van der Waals surface area contributed by atoms with Gasteiger partial charge in [-0.1, -0.05) is 18.1 Å². The molecule has 3 aromatic rings. The summed E-state index contributed by atoms with van der Waals surface area (Å²) in [5.74, 6) is 3.17. The third kappa shape index (κ3) is 5.81. The molecule has 0 aliphatic heterocycles. The van der Waals surface area contributed by atoms with Crippen molar-refractivity contribution in [3.05, 3.63) is 52.9 Å². The molecule has 0 aliphatic carbocycles. The molecule has 31 heavy (non-hydrogen) atoms. The van der Waals surface area contributed by atoms with Gasteiger partial charge in [0.1, 0.15) is 28.8 Å². The molecule has 3 rings (SSSR count). The topological polar surface area (TPSA) is 104 Å². The van der Waals surface area contributed by atoms with Gasteiger partial charge in [0.25, 0.3) is 5.22 Å². The van der Waals surface area contributed by atoms with E-state index in [-0.39, 0.29) is 22.6 Å². The van der Waals surface area contributed by atoms with Gasteiger partial charge in [-0.25, -0.2) is 4.79 Å². The number of ether oxygens (including phenoxy) is 3. The van der Waals surface area contributed by atoms with E-state index in [1.54, 1.807) is 42.5 Å². The number of benzene rings is 2. The number of carbonyl (C=O) groups is 1. The minimum Gasteiger partial charge on any atom is -0.497 e. The Bertz CT molecular complexity index is 1110. The molecule has 0 unspecified atom stereocenters. The first-order valence-corrected chi connectivity index (χ1v) is 9.70. The Kier molecular flexibility index (Phi) is 7.19. The molecule has 1 aromatic heterocycles. The van der Waals surface area contributed by atoms with Crippen LogP contribution in [0.5, 0.6) is 17.2 Å². The normalized spacial score (nSPS) is 10.9. The zero-order chi connectivity index (χ0) is 22.2. The molecular weight excluding hydrogens is 420 g/mol. The number of hydrogen-bond acceptors (Lipinski definition) is 8. The molecule has 0 saturated carbocycles. The lowest BCUT2D eigenvalue weighted by molar-refractivity contribution is -0.131. The number of thioether (sulfide) groups is 1. The Morgan fingerprint density at radius 1 is 1.13 bits per heavy atom. The van der Waals surface area contributed by atoms with Crippen molar-refractivity contribution < 1.29 is 28.5 Å². The van der Waals surface area contributed by atoms with Crippen molar-refractivity contribution in [3.8, 4) is 41.0 Å². The van der Waals surface area contributed by atoms with Crippen LogP contribution in [0.4, 0.5) is 0 Å². The highest BCUT2D eigenvalue weighted by atomic mass is 32.2. The molecular formula is C22H18N2O6S. The Morgan fingerprint density at radius 3 is 2.39 bits per heavy atom. The molecule has 0 aliphatic rings. The van der Waals surface area contributed by atoms with Gasteiger partial charge < -0.3 is 23.7 Å².